The third kappa shape index (κ3) is 4.48. The van der Waals surface area contributed by atoms with E-state index >= 15 is 0 Å². The number of benzene rings is 2. The third-order valence-electron chi connectivity index (χ3n) is 3.46. The highest BCUT2D eigenvalue weighted by atomic mass is 32.2. The van der Waals surface area contributed by atoms with Crippen LogP contribution in [0.4, 0.5) is 11.4 Å². The van der Waals surface area contributed by atoms with Gasteiger partial charge >= 0.3 is 0 Å². The summed E-state index contributed by atoms with van der Waals surface area (Å²) in [6, 6.07) is 15.3. The molecule has 0 bridgehead atoms. The van der Waals surface area contributed by atoms with Crippen molar-refractivity contribution in [3.63, 3.8) is 0 Å². The van der Waals surface area contributed by atoms with Crippen LogP contribution in [-0.4, -0.2) is 20.9 Å². The molecule has 0 saturated carbocycles. The second-order valence-electron chi connectivity index (χ2n) is 5.71. The van der Waals surface area contributed by atoms with Crippen LogP contribution >= 0.6 is 0 Å². The Balaban J connectivity index is 2.46. The molecule has 0 unspecified atom stereocenters. The fraction of sp³-hybridized carbons (Fsp3) is 0.211. The molecule has 0 spiro atoms. The molecule has 2 aromatic carbocycles. The third-order valence-corrected chi connectivity index (χ3v) is 5.43. The van der Waals surface area contributed by atoms with E-state index in [1.165, 1.54) is 16.4 Å². The lowest BCUT2D eigenvalue weighted by atomic mass is 10.3. The van der Waals surface area contributed by atoms with Crippen molar-refractivity contribution in [1.29, 1.82) is 0 Å². The molecule has 1 amide bonds. The van der Waals surface area contributed by atoms with E-state index in [1.54, 1.807) is 63.2 Å². The lowest BCUT2D eigenvalue weighted by Gasteiger charge is -2.24. The molecular weight excluding hydrogens is 336 g/mol. The number of nitrogens with one attached hydrogen (secondary N) is 1. The number of hydrogen-bond donors (Lipinski definition) is 1. The van der Waals surface area contributed by atoms with Crippen LogP contribution in [0.5, 0.6) is 0 Å². The zero-order valence-electron chi connectivity index (χ0n) is 14.6. The average molecular weight is 358 g/mol. The van der Waals surface area contributed by atoms with E-state index in [-0.39, 0.29) is 23.0 Å². The lowest BCUT2D eigenvalue weighted by molar-refractivity contribution is -0.112. The quantitative estimate of drug-likeness (QED) is 0.799. The molecule has 2 rings (SSSR count). The Morgan fingerprint density at radius 2 is 1.64 bits per heavy atom. The van der Waals surface area contributed by atoms with Gasteiger partial charge in [-0.1, -0.05) is 35.9 Å². The zero-order valence-corrected chi connectivity index (χ0v) is 15.4. The molecule has 0 radical (unpaired) electrons. The minimum Gasteiger partial charge on any atom is -0.321 e. The van der Waals surface area contributed by atoms with E-state index in [1.807, 2.05) is 6.07 Å². The number of para-hydroxylation sites is 2. The summed E-state index contributed by atoms with van der Waals surface area (Å²) in [5.41, 5.74) is 1.67. The van der Waals surface area contributed by atoms with Gasteiger partial charge in [0.25, 0.3) is 10.0 Å². The topological polar surface area (TPSA) is 66.5 Å². The minimum absolute atomic E-state index is 0.0659. The number of anilines is 2. The van der Waals surface area contributed by atoms with Gasteiger partial charge < -0.3 is 5.32 Å². The van der Waals surface area contributed by atoms with Crippen LogP contribution in [0.2, 0.25) is 0 Å². The van der Waals surface area contributed by atoms with Crippen LogP contribution in [-0.2, 0) is 14.8 Å². The fourth-order valence-corrected chi connectivity index (χ4v) is 4.05. The second kappa shape index (κ2) is 7.98. The summed E-state index contributed by atoms with van der Waals surface area (Å²) >= 11 is 0. The van der Waals surface area contributed by atoms with Gasteiger partial charge in [0.2, 0.25) is 5.91 Å². The van der Waals surface area contributed by atoms with Crippen molar-refractivity contribution in [1.82, 2.24) is 0 Å². The minimum atomic E-state index is -3.81. The first-order chi connectivity index (χ1) is 11.9. The SMILES string of the molecule is CCN(c1ccccc1)S(=O)(=O)c1ccccc1NC(=O)C=C(C)C. The van der Waals surface area contributed by atoms with E-state index in [0.29, 0.717) is 5.69 Å². The van der Waals surface area contributed by atoms with Crippen molar-refractivity contribution in [2.45, 2.75) is 25.7 Å². The van der Waals surface area contributed by atoms with Gasteiger partial charge in [0.15, 0.2) is 0 Å². The predicted molar refractivity (Wildman–Crippen MR) is 101 cm³/mol. The van der Waals surface area contributed by atoms with Crippen molar-refractivity contribution in [3.05, 3.63) is 66.2 Å². The Bertz CT molecular complexity index is 871. The predicted octanol–water partition coefficient (Wildman–Crippen LogP) is 3.81. The monoisotopic (exact) mass is 358 g/mol. The lowest BCUT2D eigenvalue weighted by Crippen LogP contribution is -2.31. The van der Waals surface area contributed by atoms with Gasteiger partial charge in [0.05, 0.1) is 11.4 Å². The van der Waals surface area contributed by atoms with E-state index in [2.05, 4.69) is 5.32 Å². The molecule has 0 aliphatic heterocycles. The number of amides is 1. The summed E-state index contributed by atoms with van der Waals surface area (Å²) < 4.78 is 27.6. The maximum atomic E-state index is 13.1. The Morgan fingerprint density at radius 3 is 2.24 bits per heavy atom. The van der Waals surface area contributed by atoms with Crippen LogP contribution in [0.1, 0.15) is 20.8 Å². The molecule has 0 aliphatic carbocycles. The second-order valence-corrected chi connectivity index (χ2v) is 7.54. The zero-order chi connectivity index (χ0) is 18.4. The Hall–Kier alpha value is -2.60. The molecule has 0 saturated heterocycles. The molecule has 0 aliphatic rings. The normalized spacial score (nSPS) is 10.8. The van der Waals surface area contributed by atoms with Crippen molar-refractivity contribution in [3.8, 4) is 0 Å². The van der Waals surface area contributed by atoms with Gasteiger partial charge in [0.1, 0.15) is 4.90 Å². The standard InChI is InChI=1S/C19H22N2O3S/c1-4-21(16-10-6-5-7-11-16)25(23,24)18-13-9-8-12-17(18)20-19(22)14-15(2)3/h5-14H,4H2,1-3H3,(H,20,22). The first-order valence-electron chi connectivity index (χ1n) is 7.99. The van der Waals surface area contributed by atoms with Gasteiger partial charge in [-0.2, -0.15) is 0 Å². The molecular formula is C19H22N2O3S. The van der Waals surface area contributed by atoms with Crippen molar-refractivity contribution < 1.29 is 13.2 Å². The molecule has 6 heteroatoms. The maximum Gasteiger partial charge on any atom is 0.266 e. The maximum absolute atomic E-state index is 13.1. The summed E-state index contributed by atoms with van der Waals surface area (Å²) in [5, 5.41) is 2.66. The molecule has 0 fully saturated rings. The molecule has 2 aromatic rings. The van der Waals surface area contributed by atoms with Crippen molar-refractivity contribution in [2.24, 2.45) is 0 Å². The Morgan fingerprint density at radius 1 is 1.04 bits per heavy atom. The van der Waals surface area contributed by atoms with Crippen LogP contribution in [0.25, 0.3) is 0 Å². The summed E-state index contributed by atoms with van der Waals surface area (Å²) in [7, 11) is -3.81. The van der Waals surface area contributed by atoms with Crippen LogP contribution in [0, 0.1) is 0 Å². The average Bonchev–Trinajstić information content (AvgIpc) is 2.55. The molecule has 0 heterocycles. The number of nitrogens with zero attached hydrogens (tertiary/aromatic N) is 1. The Labute approximate surface area is 149 Å². The van der Waals surface area contributed by atoms with Crippen LogP contribution in [0.3, 0.4) is 0 Å². The Kier molecular flexibility index (Phi) is 5.98. The van der Waals surface area contributed by atoms with E-state index in [0.717, 1.165) is 5.57 Å². The largest absolute Gasteiger partial charge is 0.321 e. The number of rotatable bonds is 6. The van der Waals surface area contributed by atoms with E-state index < -0.39 is 10.0 Å². The number of sulfonamides is 1. The van der Waals surface area contributed by atoms with Crippen LogP contribution < -0.4 is 9.62 Å². The van der Waals surface area contributed by atoms with Gasteiger partial charge in [0, 0.05) is 12.6 Å². The highest BCUT2D eigenvalue weighted by Crippen LogP contribution is 2.28. The number of carbonyl (C=O) groups excluding carboxylic acids is 1. The van der Waals surface area contributed by atoms with E-state index in [4.69, 9.17) is 0 Å². The number of carbonyl (C=O) groups is 1. The fourth-order valence-electron chi connectivity index (χ4n) is 2.43. The summed E-state index contributed by atoms with van der Waals surface area (Å²) in [6.45, 7) is 5.66. The van der Waals surface area contributed by atoms with E-state index in [9.17, 15) is 13.2 Å². The first kappa shape index (κ1) is 18.7. The molecule has 132 valence electrons. The number of allylic oxidation sites excluding steroid dienone is 1. The van der Waals surface area contributed by atoms with Crippen molar-refractivity contribution in [2.75, 3.05) is 16.2 Å². The molecule has 5 nitrogen and oxygen atoms in total. The number of hydrogen-bond acceptors (Lipinski definition) is 3. The smallest absolute Gasteiger partial charge is 0.266 e. The highest BCUT2D eigenvalue weighted by molar-refractivity contribution is 7.93. The molecule has 25 heavy (non-hydrogen) atoms. The first-order valence-corrected chi connectivity index (χ1v) is 9.43. The summed E-state index contributed by atoms with van der Waals surface area (Å²) in [4.78, 5) is 12.1. The van der Waals surface area contributed by atoms with Gasteiger partial charge in [-0.05, 0) is 45.0 Å². The van der Waals surface area contributed by atoms with Gasteiger partial charge in [-0.3, -0.25) is 9.10 Å². The summed E-state index contributed by atoms with van der Waals surface area (Å²) in [6.07, 6.45) is 1.43. The molecule has 0 aromatic heterocycles. The summed E-state index contributed by atoms with van der Waals surface area (Å²) in [5.74, 6) is -0.356. The highest BCUT2D eigenvalue weighted by Gasteiger charge is 2.26. The van der Waals surface area contributed by atoms with Crippen LogP contribution in [0.15, 0.2) is 71.1 Å². The molecule has 0 atom stereocenters. The van der Waals surface area contributed by atoms with Gasteiger partial charge in [-0.15, -0.1) is 0 Å². The van der Waals surface area contributed by atoms with Gasteiger partial charge in [-0.25, -0.2) is 8.42 Å². The molecule has 1 N–H and O–H groups in total. The van der Waals surface area contributed by atoms with Crippen molar-refractivity contribution >= 4 is 27.3 Å².